The molecule has 2 rings (SSSR count). The zero-order valence-electron chi connectivity index (χ0n) is 16.3. The number of anilines is 1. The van der Waals surface area contributed by atoms with Gasteiger partial charge in [0.15, 0.2) is 17.3 Å². The number of rotatable bonds is 7. The fourth-order valence-electron chi connectivity index (χ4n) is 2.92. The summed E-state index contributed by atoms with van der Waals surface area (Å²) in [6, 6.07) is 2.68. The molecule has 1 aliphatic heterocycles. The molecule has 1 aliphatic rings. The summed E-state index contributed by atoms with van der Waals surface area (Å²) in [5, 5.41) is 3.05. The molecule has 148 valence electrons. The highest BCUT2D eigenvalue weighted by Gasteiger charge is 2.38. The topological polar surface area (TPSA) is 86.3 Å². The van der Waals surface area contributed by atoms with Crippen LogP contribution >= 0.6 is 0 Å². The number of carbonyl (C=O) groups excluding carboxylic acids is 2. The third-order valence-corrected chi connectivity index (χ3v) is 4.28. The molecule has 1 atom stereocenters. The maximum absolute atomic E-state index is 13.1. The van der Waals surface area contributed by atoms with Crippen LogP contribution in [0.3, 0.4) is 0 Å². The third kappa shape index (κ3) is 4.16. The van der Waals surface area contributed by atoms with Crippen LogP contribution in [0.25, 0.3) is 0 Å². The van der Waals surface area contributed by atoms with Crippen molar-refractivity contribution in [1.82, 2.24) is 5.32 Å². The van der Waals surface area contributed by atoms with E-state index in [1.165, 1.54) is 19.1 Å². The van der Waals surface area contributed by atoms with Crippen LogP contribution in [0.5, 0.6) is 11.5 Å². The maximum Gasteiger partial charge on any atom is 0.414 e. The highest BCUT2D eigenvalue weighted by Crippen LogP contribution is 2.41. The molecule has 0 spiro atoms. The zero-order valence-corrected chi connectivity index (χ0v) is 16.3. The SMILES string of the molecule is CCOC(=O)N1c2cc(OC)c(OC)cc2C(=O)C(=CNCCOC)C1C. The Labute approximate surface area is 159 Å². The summed E-state index contributed by atoms with van der Waals surface area (Å²) in [6.07, 6.45) is 1.09. The minimum Gasteiger partial charge on any atom is -0.493 e. The fraction of sp³-hybridized carbons (Fsp3) is 0.474. The lowest BCUT2D eigenvalue weighted by Gasteiger charge is -2.35. The molecule has 1 unspecified atom stereocenters. The normalized spacial score (nSPS) is 17.5. The number of hydrogen-bond donors (Lipinski definition) is 1. The van der Waals surface area contributed by atoms with Crippen LogP contribution in [0, 0.1) is 0 Å². The smallest absolute Gasteiger partial charge is 0.414 e. The Morgan fingerprint density at radius 1 is 1.22 bits per heavy atom. The quantitative estimate of drug-likeness (QED) is 0.576. The standard InChI is InChI=1S/C19H26N2O6/c1-6-27-19(23)21-12(2)14(11-20-7-8-24-3)18(22)13-9-16(25-4)17(26-5)10-15(13)21/h9-12,20H,6-8H2,1-5H3. The third-order valence-electron chi connectivity index (χ3n) is 4.28. The van der Waals surface area contributed by atoms with E-state index in [2.05, 4.69) is 5.32 Å². The molecule has 1 amide bonds. The second kappa shape index (κ2) is 9.27. The van der Waals surface area contributed by atoms with Gasteiger partial charge < -0.3 is 24.3 Å². The Bertz CT molecular complexity index is 731. The van der Waals surface area contributed by atoms with Gasteiger partial charge in [-0.15, -0.1) is 0 Å². The lowest BCUT2D eigenvalue weighted by Crippen LogP contribution is -2.46. The van der Waals surface area contributed by atoms with E-state index in [1.807, 2.05) is 0 Å². The van der Waals surface area contributed by atoms with Crippen molar-refractivity contribution in [3.8, 4) is 11.5 Å². The molecular weight excluding hydrogens is 352 g/mol. The Balaban J connectivity index is 2.55. The molecule has 1 aromatic carbocycles. The van der Waals surface area contributed by atoms with Gasteiger partial charge in [-0.1, -0.05) is 0 Å². The number of nitrogens with one attached hydrogen (secondary N) is 1. The number of ether oxygens (including phenoxy) is 4. The van der Waals surface area contributed by atoms with Gasteiger partial charge in [-0.3, -0.25) is 9.69 Å². The molecule has 0 saturated heterocycles. The first-order valence-electron chi connectivity index (χ1n) is 8.69. The van der Waals surface area contributed by atoms with Gasteiger partial charge in [0.25, 0.3) is 0 Å². The first-order chi connectivity index (χ1) is 13.0. The van der Waals surface area contributed by atoms with Crippen molar-refractivity contribution in [2.45, 2.75) is 19.9 Å². The summed E-state index contributed by atoms with van der Waals surface area (Å²) < 4.78 is 20.8. The van der Waals surface area contributed by atoms with Crippen LogP contribution in [0.4, 0.5) is 10.5 Å². The Morgan fingerprint density at radius 3 is 2.48 bits per heavy atom. The van der Waals surface area contributed by atoms with Crippen LogP contribution in [-0.2, 0) is 9.47 Å². The van der Waals surface area contributed by atoms with Gasteiger partial charge in [0.05, 0.1) is 44.7 Å². The van der Waals surface area contributed by atoms with Crippen LogP contribution in [0.15, 0.2) is 23.9 Å². The fourth-order valence-corrected chi connectivity index (χ4v) is 2.92. The molecule has 1 heterocycles. The summed E-state index contributed by atoms with van der Waals surface area (Å²) >= 11 is 0. The predicted molar refractivity (Wildman–Crippen MR) is 101 cm³/mol. The van der Waals surface area contributed by atoms with Crippen molar-refractivity contribution < 1.29 is 28.5 Å². The number of methoxy groups -OCH3 is 3. The average Bonchev–Trinajstić information content (AvgIpc) is 2.66. The molecule has 0 saturated carbocycles. The first-order valence-corrected chi connectivity index (χ1v) is 8.69. The average molecular weight is 378 g/mol. The Morgan fingerprint density at radius 2 is 1.89 bits per heavy atom. The highest BCUT2D eigenvalue weighted by atomic mass is 16.6. The lowest BCUT2D eigenvalue weighted by atomic mass is 9.90. The van der Waals surface area contributed by atoms with Crippen molar-refractivity contribution >= 4 is 17.6 Å². The number of carbonyl (C=O) groups is 2. The summed E-state index contributed by atoms with van der Waals surface area (Å²) in [4.78, 5) is 27.1. The van der Waals surface area contributed by atoms with Crippen molar-refractivity contribution in [3.05, 3.63) is 29.5 Å². The zero-order chi connectivity index (χ0) is 20.0. The van der Waals surface area contributed by atoms with Crippen LogP contribution in [-0.4, -0.2) is 59.0 Å². The number of hydrogen-bond acceptors (Lipinski definition) is 7. The van der Waals surface area contributed by atoms with Crippen LogP contribution < -0.4 is 19.7 Å². The number of ketones is 1. The summed E-state index contributed by atoms with van der Waals surface area (Å²) in [5.41, 5.74) is 1.22. The van der Waals surface area contributed by atoms with Gasteiger partial charge in [-0.2, -0.15) is 0 Å². The molecule has 0 fully saturated rings. The number of Topliss-reactive ketones (excluding diaryl/α,β-unsaturated/α-hetero) is 1. The van der Waals surface area contributed by atoms with Gasteiger partial charge in [-0.25, -0.2) is 4.79 Å². The van der Waals surface area contributed by atoms with Gasteiger partial charge in [0, 0.05) is 31.5 Å². The molecule has 1 N–H and O–H groups in total. The van der Waals surface area contributed by atoms with Crippen LogP contribution in [0.1, 0.15) is 24.2 Å². The van der Waals surface area contributed by atoms with Gasteiger partial charge in [0.2, 0.25) is 0 Å². The minimum absolute atomic E-state index is 0.191. The van der Waals surface area contributed by atoms with Crippen molar-refractivity contribution in [2.24, 2.45) is 0 Å². The number of amides is 1. The summed E-state index contributed by atoms with van der Waals surface area (Å²) in [6.45, 7) is 4.77. The molecule has 8 nitrogen and oxygen atoms in total. The molecule has 27 heavy (non-hydrogen) atoms. The molecule has 0 bridgehead atoms. The molecule has 0 radical (unpaired) electrons. The van der Waals surface area contributed by atoms with Gasteiger partial charge >= 0.3 is 6.09 Å². The molecular formula is C19H26N2O6. The van der Waals surface area contributed by atoms with E-state index >= 15 is 0 Å². The largest absolute Gasteiger partial charge is 0.493 e. The minimum atomic E-state index is -0.534. The van der Waals surface area contributed by atoms with E-state index in [4.69, 9.17) is 18.9 Å². The van der Waals surface area contributed by atoms with Gasteiger partial charge in [0.1, 0.15) is 0 Å². The second-order valence-corrected chi connectivity index (χ2v) is 5.84. The van der Waals surface area contributed by atoms with E-state index in [0.29, 0.717) is 41.5 Å². The van der Waals surface area contributed by atoms with E-state index < -0.39 is 12.1 Å². The van der Waals surface area contributed by atoms with Crippen LogP contribution in [0.2, 0.25) is 0 Å². The van der Waals surface area contributed by atoms with Gasteiger partial charge in [-0.05, 0) is 19.9 Å². The number of benzene rings is 1. The number of nitrogens with zero attached hydrogens (tertiary/aromatic N) is 1. The molecule has 1 aromatic rings. The maximum atomic E-state index is 13.1. The number of fused-ring (bicyclic) bond motifs is 1. The Kier molecular flexibility index (Phi) is 7.06. The van der Waals surface area contributed by atoms with E-state index in [1.54, 1.807) is 39.3 Å². The van der Waals surface area contributed by atoms with Crippen molar-refractivity contribution in [1.29, 1.82) is 0 Å². The lowest BCUT2D eigenvalue weighted by molar-refractivity contribution is 0.102. The molecule has 8 heteroatoms. The predicted octanol–water partition coefficient (Wildman–Crippen LogP) is 2.37. The Hall–Kier alpha value is -2.74. The summed E-state index contributed by atoms with van der Waals surface area (Å²) in [5.74, 6) is 0.648. The molecule has 0 aliphatic carbocycles. The van der Waals surface area contributed by atoms with Crippen molar-refractivity contribution in [3.63, 3.8) is 0 Å². The summed E-state index contributed by atoms with van der Waals surface area (Å²) in [7, 11) is 4.59. The molecule has 0 aromatic heterocycles. The van der Waals surface area contributed by atoms with E-state index in [0.717, 1.165) is 0 Å². The van der Waals surface area contributed by atoms with E-state index in [9.17, 15) is 9.59 Å². The van der Waals surface area contributed by atoms with Crippen molar-refractivity contribution in [2.75, 3.05) is 46.0 Å². The second-order valence-electron chi connectivity index (χ2n) is 5.84. The van der Waals surface area contributed by atoms with E-state index in [-0.39, 0.29) is 12.4 Å². The monoisotopic (exact) mass is 378 g/mol. The highest BCUT2D eigenvalue weighted by molar-refractivity contribution is 6.18. The first kappa shape index (κ1) is 20.6.